The number of halogens is 1. The fourth-order valence-electron chi connectivity index (χ4n) is 1.74. The van der Waals surface area contributed by atoms with Crippen molar-refractivity contribution in [2.45, 2.75) is 44.9 Å². The normalized spacial score (nSPS) is 30.0. The standard InChI is InChI=1S/C10H20FNO/c1-3-10(2,13)8-12-6-4-5-9(11)7-12/h9,13H,3-8H2,1-2H3. The van der Waals surface area contributed by atoms with Gasteiger partial charge in [0.05, 0.1) is 5.60 Å². The molecule has 0 aromatic carbocycles. The monoisotopic (exact) mass is 189 g/mol. The van der Waals surface area contributed by atoms with Crippen LogP contribution >= 0.6 is 0 Å². The van der Waals surface area contributed by atoms with E-state index in [9.17, 15) is 9.50 Å². The Hall–Kier alpha value is -0.150. The zero-order chi connectivity index (χ0) is 9.90. The van der Waals surface area contributed by atoms with Crippen molar-refractivity contribution in [3.8, 4) is 0 Å². The summed E-state index contributed by atoms with van der Waals surface area (Å²) in [4.78, 5) is 2.03. The van der Waals surface area contributed by atoms with E-state index in [4.69, 9.17) is 0 Å². The van der Waals surface area contributed by atoms with E-state index >= 15 is 0 Å². The molecular weight excluding hydrogens is 169 g/mol. The fraction of sp³-hybridized carbons (Fsp3) is 1.00. The summed E-state index contributed by atoms with van der Waals surface area (Å²) < 4.78 is 13.0. The predicted octanol–water partition coefficient (Wildman–Crippen LogP) is 1.58. The van der Waals surface area contributed by atoms with Gasteiger partial charge in [-0.3, -0.25) is 4.90 Å². The third kappa shape index (κ3) is 3.61. The quantitative estimate of drug-likeness (QED) is 0.728. The number of alkyl halides is 1. The van der Waals surface area contributed by atoms with Gasteiger partial charge in [-0.05, 0) is 32.7 Å². The molecule has 1 aliphatic rings. The Morgan fingerprint density at radius 3 is 2.85 bits per heavy atom. The molecule has 0 bridgehead atoms. The molecule has 13 heavy (non-hydrogen) atoms. The molecule has 1 heterocycles. The molecule has 2 atom stereocenters. The average Bonchev–Trinajstić information content (AvgIpc) is 2.03. The lowest BCUT2D eigenvalue weighted by molar-refractivity contribution is 0.000868. The topological polar surface area (TPSA) is 23.5 Å². The number of likely N-dealkylation sites (tertiary alicyclic amines) is 1. The van der Waals surface area contributed by atoms with E-state index in [1.165, 1.54) is 0 Å². The van der Waals surface area contributed by atoms with E-state index in [0.29, 0.717) is 19.5 Å². The zero-order valence-electron chi connectivity index (χ0n) is 8.59. The number of rotatable bonds is 3. The largest absolute Gasteiger partial charge is 0.389 e. The lowest BCUT2D eigenvalue weighted by Gasteiger charge is -2.34. The van der Waals surface area contributed by atoms with E-state index in [0.717, 1.165) is 19.4 Å². The van der Waals surface area contributed by atoms with E-state index in [2.05, 4.69) is 0 Å². The van der Waals surface area contributed by atoms with Crippen molar-refractivity contribution in [3.05, 3.63) is 0 Å². The van der Waals surface area contributed by atoms with Crippen LogP contribution in [0.3, 0.4) is 0 Å². The first-order chi connectivity index (χ1) is 6.03. The lowest BCUT2D eigenvalue weighted by atomic mass is 10.0. The van der Waals surface area contributed by atoms with Gasteiger partial charge in [-0.1, -0.05) is 6.92 Å². The molecule has 0 radical (unpaired) electrons. The van der Waals surface area contributed by atoms with Crippen LogP contribution in [0, 0.1) is 0 Å². The average molecular weight is 189 g/mol. The summed E-state index contributed by atoms with van der Waals surface area (Å²) in [5.74, 6) is 0. The highest BCUT2D eigenvalue weighted by molar-refractivity contribution is 4.80. The summed E-state index contributed by atoms with van der Waals surface area (Å²) in [5, 5.41) is 9.80. The van der Waals surface area contributed by atoms with Crippen molar-refractivity contribution in [2.24, 2.45) is 0 Å². The van der Waals surface area contributed by atoms with Gasteiger partial charge in [0, 0.05) is 13.1 Å². The minimum Gasteiger partial charge on any atom is -0.389 e. The maximum Gasteiger partial charge on any atom is 0.113 e. The molecule has 1 saturated heterocycles. The van der Waals surface area contributed by atoms with Crippen molar-refractivity contribution in [1.29, 1.82) is 0 Å². The van der Waals surface area contributed by atoms with Crippen LogP contribution in [0.25, 0.3) is 0 Å². The Labute approximate surface area is 79.7 Å². The number of piperidine rings is 1. The second-order valence-electron chi connectivity index (χ2n) is 4.33. The first-order valence-electron chi connectivity index (χ1n) is 5.12. The van der Waals surface area contributed by atoms with E-state index in [1.807, 2.05) is 18.7 Å². The Bertz CT molecular complexity index is 161. The van der Waals surface area contributed by atoms with Crippen LogP contribution in [0.15, 0.2) is 0 Å². The Morgan fingerprint density at radius 1 is 1.62 bits per heavy atom. The molecule has 2 nitrogen and oxygen atoms in total. The highest BCUT2D eigenvalue weighted by Crippen LogP contribution is 2.17. The summed E-state index contributed by atoms with van der Waals surface area (Å²) in [6.45, 7) is 5.79. The molecule has 78 valence electrons. The van der Waals surface area contributed by atoms with Crippen molar-refractivity contribution in [2.75, 3.05) is 19.6 Å². The predicted molar refractivity (Wildman–Crippen MR) is 51.5 cm³/mol. The SMILES string of the molecule is CCC(C)(O)CN1CCCC(F)C1. The molecule has 0 spiro atoms. The van der Waals surface area contributed by atoms with E-state index < -0.39 is 11.8 Å². The molecule has 0 aromatic rings. The molecular formula is C10H20FNO. The van der Waals surface area contributed by atoms with E-state index in [-0.39, 0.29) is 0 Å². The molecule has 0 amide bonds. The van der Waals surface area contributed by atoms with Gasteiger partial charge in [0.2, 0.25) is 0 Å². The third-order valence-corrected chi connectivity index (χ3v) is 2.77. The summed E-state index contributed by atoms with van der Waals surface area (Å²) in [6.07, 6.45) is 1.63. The molecule has 1 rings (SSSR count). The highest BCUT2D eigenvalue weighted by atomic mass is 19.1. The molecule has 3 heteroatoms. The smallest absolute Gasteiger partial charge is 0.113 e. The maximum absolute atomic E-state index is 13.0. The highest BCUT2D eigenvalue weighted by Gasteiger charge is 2.26. The van der Waals surface area contributed by atoms with Gasteiger partial charge < -0.3 is 5.11 Å². The van der Waals surface area contributed by atoms with Crippen LogP contribution in [-0.2, 0) is 0 Å². The fourth-order valence-corrected chi connectivity index (χ4v) is 1.74. The summed E-state index contributed by atoms with van der Waals surface area (Å²) >= 11 is 0. The molecule has 1 fully saturated rings. The summed E-state index contributed by atoms with van der Waals surface area (Å²) in [6, 6.07) is 0. The van der Waals surface area contributed by atoms with Crippen LogP contribution in [-0.4, -0.2) is 41.4 Å². The van der Waals surface area contributed by atoms with Crippen molar-refractivity contribution in [1.82, 2.24) is 4.90 Å². The molecule has 0 saturated carbocycles. The second kappa shape index (κ2) is 4.38. The van der Waals surface area contributed by atoms with Gasteiger partial charge in [-0.15, -0.1) is 0 Å². The zero-order valence-corrected chi connectivity index (χ0v) is 8.59. The van der Waals surface area contributed by atoms with Crippen LogP contribution < -0.4 is 0 Å². The van der Waals surface area contributed by atoms with Gasteiger partial charge in [0.25, 0.3) is 0 Å². The van der Waals surface area contributed by atoms with Crippen LogP contribution in [0.5, 0.6) is 0 Å². The second-order valence-corrected chi connectivity index (χ2v) is 4.33. The minimum atomic E-state index is -0.693. The molecule has 1 aliphatic heterocycles. The van der Waals surface area contributed by atoms with Crippen molar-refractivity contribution in [3.63, 3.8) is 0 Å². The first-order valence-corrected chi connectivity index (χ1v) is 5.12. The lowest BCUT2D eigenvalue weighted by Crippen LogP contribution is -2.45. The molecule has 0 aliphatic carbocycles. The molecule has 1 N–H and O–H groups in total. The summed E-state index contributed by atoms with van der Waals surface area (Å²) in [7, 11) is 0. The van der Waals surface area contributed by atoms with Gasteiger partial charge in [-0.2, -0.15) is 0 Å². The first kappa shape index (κ1) is 10.9. The Balaban J connectivity index is 2.35. The maximum atomic E-state index is 13.0. The number of hydrogen-bond donors (Lipinski definition) is 1. The van der Waals surface area contributed by atoms with Gasteiger partial charge in [0.1, 0.15) is 6.17 Å². The Kier molecular flexibility index (Phi) is 3.68. The number of aliphatic hydroxyl groups is 1. The van der Waals surface area contributed by atoms with Crippen molar-refractivity contribution < 1.29 is 9.50 Å². The number of nitrogens with zero attached hydrogens (tertiary/aromatic N) is 1. The third-order valence-electron chi connectivity index (χ3n) is 2.77. The Morgan fingerprint density at radius 2 is 2.31 bits per heavy atom. The van der Waals surface area contributed by atoms with Gasteiger partial charge >= 0.3 is 0 Å². The number of β-amino-alcohol motifs (C(OH)–C–C–N with tert-alkyl or cyclic N) is 1. The van der Waals surface area contributed by atoms with E-state index in [1.54, 1.807) is 0 Å². The van der Waals surface area contributed by atoms with Gasteiger partial charge in [-0.25, -0.2) is 4.39 Å². The van der Waals surface area contributed by atoms with Crippen molar-refractivity contribution >= 4 is 0 Å². The van der Waals surface area contributed by atoms with Crippen LogP contribution in [0.2, 0.25) is 0 Å². The summed E-state index contributed by atoms with van der Waals surface area (Å²) in [5.41, 5.74) is -0.656. The van der Waals surface area contributed by atoms with Crippen LogP contribution in [0.4, 0.5) is 4.39 Å². The molecule has 0 aromatic heterocycles. The van der Waals surface area contributed by atoms with Gasteiger partial charge in [0.15, 0.2) is 0 Å². The molecule has 2 unspecified atom stereocenters. The van der Waals surface area contributed by atoms with Crippen LogP contribution in [0.1, 0.15) is 33.1 Å². The number of hydrogen-bond acceptors (Lipinski definition) is 2. The minimum absolute atomic E-state index is 0.496.